The van der Waals surface area contributed by atoms with Crippen LogP contribution in [0.2, 0.25) is 0 Å². The number of benzene rings is 1. The summed E-state index contributed by atoms with van der Waals surface area (Å²) in [5, 5.41) is 5.41. The number of Topliss-reactive ketones (excluding diaryl/α,β-unsaturated/α-hetero) is 1. The van der Waals surface area contributed by atoms with E-state index in [1.807, 2.05) is 61.7 Å². The van der Waals surface area contributed by atoms with Crippen LogP contribution in [0.4, 0.5) is 0 Å². The molecule has 0 fully saturated rings. The van der Waals surface area contributed by atoms with Crippen molar-refractivity contribution in [1.82, 2.24) is 5.32 Å². The van der Waals surface area contributed by atoms with Crippen molar-refractivity contribution in [3.05, 3.63) is 98.4 Å². The van der Waals surface area contributed by atoms with Gasteiger partial charge in [0.15, 0.2) is 5.78 Å². The minimum atomic E-state index is -0.597. The molecule has 0 saturated carbocycles. The zero-order valence-corrected chi connectivity index (χ0v) is 20.7. The van der Waals surface area contributed by atoms with Gasteiger partial charge in [-0.15, -0.1) is 11.3 Å². The number of rotatable bonds is 6. The molecule has 0 bridgehead atoms. The van der Waals surface area contributed by atoms with Gasteiger partial charge in [0.1, 0.15) is 23.9 Å². The molecule has 0 saturated heterocycles. The van der Waals surface area contributed by atoms with Gasteiger partial charge in [-0.25, -0.2) is 4.79 Å². The first-order chi connectivity index (χ1) is 16.9. The van der Waals surface area contributed by atoms with Crippen molar-refractivity contribution in [2.45, 2.75) is 45.1 Å². The Labute approximate surface area is 208 Å². The zero-order valence-electron chi connectivity index (χ0n) is 19.9. The third kappa shape index (κ3) is 4.56. The van der Waals surface area contributed by atoms with E-state index in [0.717, 1.165) is 22.8 Å². The maximum atomic E-state index is 13.5. The van der Waals surface area contributed by atoms with Crippen LogP contribution in [0.25, 0.3) is 0 Å². The second kappa shape index (κ2) is 9.58. The van der Waals surface area contributed by atoms with Crippen molar-refractivity contribution in [1.29, 1.82) is 0 Å². The molecule has 3 heterocycles. The molecule has 0 radical (unpaired) electrons. The Kier molecular flexibility index (Phi) is 6.34. The lowest BCUT2D eigenvalue weighted by Gasteiger charge is -2.35. The molecule has 1 aliphatic heterocycles. The quantitative estimate of drug-likeness (QED) is 0.444. The number of furan rings is 1. The van der Waals surface area contributed by atoms with Crippen LogP contribution < -0.4 is 10.1 Å². The molecule has 0 unspecified atom stereocenters. The highest BCUT2D eigenvalue weighted by Crippen LogP contribution is 2.46. The second-order valence-corrected chi connectivity index (χ2v) is 9.88. The highest BCUT2D eigenvalue weighted by Gasteiger charge is 2.43. The monoisotopic (exact) mass is 489 g/mol. The minimum absolute atomic E-state index is 0.0316. The number of hydrogen-bond acceptors (Lipinski definition) is 7. The Hall–Kier alpha value is -3.58. The number of nitrogens with one attached hydrogen (secondary N) is 1. The predicted octanol–water partition coefficient (Wildman–Crippen LogP) is 5.76. The van der Waals surface area contributed by atoms with E-state index in [9.17, 15) is 9.59 Å². The smallest absolute Gasteiger partial charge is 0.337 e. The topological polar surface area (TPSA) is 77.8 Å². The standard InChI is InChI=1S/C28H27NO5S/c1-16-6-11-23(34-16)27-25(28(31)33-15-18-7-9-20(32-3)10-8-18)17(2)29-21-13-19(14-22(30)26(21)27)24-5-4-12-35-24/h4-12,19,27,29H,13-15H2,1-3H3/t19-,27-/m0/s1. The molecular weight excluding hydrogens is 462 g/mol. The van der Waals surface area contributed by atoms with Crippen molar-refractivity contribution in [3.8, 4) is 5.75 Å². The molecule has 0 amide bonds. The summed E-state index contributed by atoms with van der Waals surface area (Å²) in [5.74, 6) is 1.14. The maximum Gasteiger partial charge on any atom is 0.337 e. The fourth-order valence-corrected chi connectivity index (χ4v) is 5.71. The number of methoxy groups -OCH3 is 1. The van der Waals surface area contributed by atoms with Crippen molar-refractivity contribution in [2.75, 3.05) is 7.11 Å². The third-order valence-electron chi connectivity index (χ3n) is 6.57. The summed E-state index contributed by atoms with van der Waals surface area (Å²) >= 11 is 1.67. The number of dihydropyridines is 1. The van der Waals surface area contributed by atoms with Crippen molar-refractivity contribution >= 4 is 23.1 Å². The predicted molar refractivity (Wildman–Crippen MR) is 133 cm³/mol. The van der Waals surface area contributed by atoms with E-state index in [2.05, 4.69) is 11.4 Å². The lowest BCUT2D eigenvalue weighted by atomic mass is 9.74. The molecule has 2 atom stereocenters. The Morgan fingerprint density at radius 1 is 1.11 bits per heavy atom. The fourth-order valence-electron chi connectivity index (χ4n) is 4.88. The van der Waals surface area contributed by atoms with E-state index in [4.69, 9.17) is 13.9 Å². The molecule has 0 spiro atoms. The van der Waals surface area contributed by atoms with Crippen LogP contribution in [-0.2, 0) is 20.9 Å². The first kappa shape index (κ1) is 23.2. The van der Waals surface area contributed by atoms with Crippen LogP contribution in [0.5, 0.6) is 5.75 Å². The summed E-state index contributed by atoms with van der Waals surface area (Å²) in [6, 6.07) is 15.2. The highest BCUT2D eigenvalue weighted by atomic mass is 32.1. The van der Waals surface area contributed by atoms with Crippen LogP contribution >= 0.6 is 11.3 Å². The number of carbonyl (C=O) groups is 2. The van der Waals surface area contributed by atoms with Crippen LogP contribution in [0, 0.1) is 6.92 Å². The van der Waals surface area contributed by atoms with Crippen LogP contribution in [0.15, 0.2) is 80.9 Å². The van der Waals surface area contributed by atoms with Gasteiger partial charge in [-0.05, 0) is 61.5 Å². The lowest BCUT2D eigenvalue weighted by molar-refractivity contribution is -0.140. The Bertz CT molecular complexity index is 1310. The number of ketones is 1. The molecule has 3 aromatic rings. The third-order valence-corrected chi connectivity index (χ3v) is 7.60. The number of thiophene rings is 1. The second-order valence-electron chi connectivity index (χ2n) is 8.91. The molecule has 35 heavy (non-hydrogen) atoms. The average molecular weight is 490 g/mol. The molecule has 1 aliphatic carbocycles. The van der Waals surface area contributed by atoms with E-state index >= 15 is 0 Å². The summed E-state index contributed by atoms with van der Waals surface area (Å²) < 4.78 is 16.9. The van der Waals surface area contributed by atoms with Gasteiger partial charge in [-0.2, -0.15) is 0 Å². The molecule has 180 valence electrons. The number of aryl methyl sites for hydroxylation is 1. The number of esters is 1. The van der Waals surface area contributed by atoms with Crippen LogP contribution in [0.3, 0.4) is 0 Å². The highest BCUT2D eigenvalue weighted by molar-refractivity contribution is 7.10. The summed E-state index contributed by atoms with van der Waals surface area (Å²) in [6.07, 6.45) is 1.12. The number of hydrogen-bond donors (Lipinski definition) is 1. The van der Waals surface area contributed by atoms with Gasteiger partial charge in [0.05, 0.1) is 18.6 Å². The van der Waals surface area contributed by atoms with Gasteiger partial charge in [0.2, 0.25) is 0 Å². The SMILES string of the molecule is COc1ccc(COC(=O)C2=C(C)NC3=C(C(=O)C[C@@H](c4cccs4)C3)[C@H]2c2ccc(C)o2)cc1. The Balaban J connectivity index is 1.46. The number of ether oxygens (including phenoxy) is 2. The normalized spacial score (nSPS) is 19.9. The molecule has 7 heteroatoms. The zero-order chi connectivity index (χ0) is 24.5. The summed E-state index contributed by atoms with van der Waals surface area (Å²) in [6.45, 7) is 3.83. The molecule has 2 aromatic heterocycles. The van der Waals surface area contributed by atoms with Crippen molar-refractivity contribution < 1.29 is 23.5 Å². The number of carbonyl (C=O) groups excluding carboxylic acids is 2. The van der Waals surface area contributed by atoms with Gasteiger partial charge in [0, 0.05) is 34.2 Å². The largest absolute Gasteiger partial charge is 0.497 e. The van der Waals surface area contributed by atoms with Crippen LogP contribution in [-0.4, -0.2) is 18.9 Å². The molecular formula is C28H27NO5S. The van der Waals surface area contributed by atoms with Crippen molar-refractivity contribution in [2.24, 2.45) is 0 Å². The summed E-state index contributed by atoms with van der Waals surface area (Å²) in [7, 11) is 1.61. The van der Waals surface area contributed by atoms with Gasteiger partial charge in [-0.3, -0.25) is 4.79 Å². The molecule has 1 aromatic carbocycles. The van der Waals surface area contributed by atoms with Gasteiger partial charge >= 0.3 is 5.97 Å². The molecule has 1 N–H and O–H groups in total. The van der Waals surface area contributed by atoms with Crippen molar-refractivity contribution in [3.63, 3.8) is 0 Å². The number of allylic oxidation sites excluding steroid dienone is 3. The van der Waals surface area contributed by atoms with E-state index in [-0.39, 0.29) is 18.3 Å². The average Bonchev–Trinajstić information content (AvgIpc) is 3.54. The summed E-state index contributed by atoms with van der Waals surface area (Å²) in [5.41, 5.74) is 3.41. The lowest BCUT2D eigenvalue weighted by Crippen LogP contribution is -2.35. The van der Waals surface area contributed by atoms with E-state index in [0.29, 0.717) is 35.4 Å². The van der Waals surface area contributed by atoms with Gasteiger partial charge in [0.25, 0.3) is 0 Å². The van der Waals surface area contributed by atoms with Crippen LogP contribution in [0.1, 0.15) is 53.6 Å². The molecule has 2 aliphatic rings. The van der Waals surface area contributed by atoms with E-state index in [1.165, 1.54) is 4.88 Å². The van der Waals surface area contributed by atoms with E-state index in [1.54, 1.807) is 18.4 Å². The maximum absolute atomic E-state index is 13.5. The minimum Gasteiger partial charge on any atom is -0.497 e. The Morgan fingerprint density at radius 3 is 2.57 bits per heavy atom. The molecule has 5 rings (SSSR count). The summed E-state index contributed by atoms with van der Waals surface area (Å²) in [4.78, 5) is 28.1. The first-order valence-electron chi connectivity index (χ1n) is 11.6. The van der Waals surface area contributed by atoms with Gasteiger partial charge < -0.3 is 19.2 Å². The molecule has 6 nitrogen and oxygen atoms in total. The van der Waals surface area contributed by atoms with E-state index < -0.39 is 11.9 Å². The fraction of sp³-hybridized carbons (Fsp3) is 0.286. The van der Waals surface area contributed by atoms with Gasteiger partial charge in [-0.1, -0.05) is 18.2 Å². The first-order valence-corrected chi connectivity index (χ1v) is 12.5. The Morgan fingerprint density at radius 2 is 1.91 bits per heavy atom.